The van der Waals surface area contributed by atoms with Gasteiger partial charge in [0.2, 0.25) is 0 Å². The van der Waals surface area contributed by atoms with Crippen LogP contribution in [0, 0.1) is 0 Å². The molecule has 7 heteroatoms. The van der Waals surface area contributed by atoms with E-state index in [0.29, 0.717) is 26.3 Å². The van der Waals surface area contributed by atoms with Gasteiger partial charge in [0.25, 0.3) is 11.5 Å². The van der Waals surface area contributed by atoms with Crippen LogP contribution in [-0.2, 0) is 11.3 Å². The standard InChI is InChI=1S/C36H28N4O2S/c1-24-32(34(41)38-28-17-9-4-10-18-28)33(26-15-7-3-8-16-26)40-35(42)31(43-36(40)37-24)21-27-23-39(22-25-13-5-2-6-14-25)30-20-12-11-19-29(27)30/h2-21,23,33H,22H2,1H3,(H,38,41)/b31-21-/t33-/m0/s1. The van der Waals surface area contributed by atoms with Crippen LogP contribution in [0.5, 0.6) is 0 Å². The first-order valence-corrected chi connectivity index (χ1v) is 14.9. The predicted octanol–water partition coefficient (Wildman–Crippen LogP) is 5.88. The Hall–Kier alpha value is -5.27. The molecule has 0 fully saturated rings. The van der Waals surface area contributed by atoms with E-state index in [1.54, 1.807) is 4.57 Å². The minimum atomic E-state index is -0.609. The third-order valence-corrected chi connectivity index (χ3v) is 8.70. The van der Waals surface area contributed by atoms with Crippen LogP contribution in [0.15, 0.2) is 143 Å². The number of amides is 1. The quantitative estimate of drug-likeness (QED) is 0.268. The molecule has 0 saturated heterocycles. The van der Waals surface area contributed by atoms with Gasteiger partial charge in [0.05, 0.1) is 21.8 Å². The number of nitrogens with one attached hydrogen (secondary N) is 1. The second-order valence-electron chi connectivity index (χ2n) is 10.5. The van der Waals surface area contributed by atoms with Crippen LogP contribution in [0.1, 0.15) is 29.7 Å². The number of allylic oxidation sites excluding steroid dienone is 1. The summed E-state index contributed by atoms with van der Waals surface area (Å²) in [5, 5.41) is 4.07. The van der Waals surface area contributed by atoms with Crippen molar-refractivity contribution in [1.29, 1.82) is 0 Å². The molecule has 0 spiro atoms. The smallest absolute Gasteiger partial charge is 0.271 e. The first-order chi connectivity index (χ1) is 21.1. The van der Waals surface area contributed by atoms with Gasteiger partial charge in [0.1, 0.15) is 0 Å². The molecule has 0 unspecified atom stereocenters. The molecule has 7 rings (SSSR count). The normalized spacial score (nSPS) is 14.9. The first kappa shape index (κ1) is 26.6. The average Bonchev–Trinajstić information content (AvgIpc) is 3.53. The van der Waals surface area contributed by atoms with E-state index < -0.39 is 6.04 Å². The van der Waals surface area contributed by atoms with Crippen molar-refractivity contribution in [3.05, 3.63) is 169 Å². The number of aromatic nitrogens is 2. The highest BCUT2D eigenvalue weighted by Crippen LogP contribution is 2.31. The molecular formula is C36H28N4O2S. The molecule has 6 aromatic rings. The number of carbonyl (C=O) groups is 1. The maximum Gasteiger partial charge on any atom is 0.271 e. The zero-order valence-corrected chi connectivity index (χ0v) is 24.3. The number of nitrogens with zero attached hydrogens (tertiary/aromatic N) is 3. The SMILES string of the molecule is CC1=C(C(=O)Nc2ccccc2)[C@H](c2ccccc2)n2c(s/c(=C\c3cn(Cc4ccccc4)c4ccccc34)c2=O)=N1. The van der Waals surface area contributed by atoms with Gasteiger partial charge in [0.15, 0.2) is 4.80 Å². The monoisotopic (exact) mass is 580 g/mol. The zero-order valence-electron chi connectivity index (χ0n) is 23.5. The number of para-hydroxylation sites is 2. The molecule has 1 atom stereocenters. The number of hydrogen-bond acceptors (Lipinski definition) is 4. The lowest BCUT2D eigenvalue weighted by Crippen LogP contribution is -2.40. The third-order valence-electron chi connectivity index (χ3n) is 7.72. The third kappa shape index (κ3) is 5.04. The minimum absolute atomic E-state index is 0.171. The van der Waals surface area contributed by atoms with E-state index in [1.807, 2.05) is 104 Å². The fourth-order valence-corrected chi connectivity index (χ4v) is 6.76. The Morgan fingerprint density at radius 1 is 0.884 bits per heavy atom. The van der Waals surface area contributed by atoms with E-state index in [-0.39, 0.29) is 11.5 Å². The Kier molecular flexibility index (Phi) is 6.93. The molecule has 0 bridgehead atoms. The molecule has 1 amide bonds. The second-order valence-corrected chi connectivity index (χ2v) is 11.5. The molecule has 0 saturated carbocycles. The van der Waals surface area contributed by atoms with Crippen molar-refractivity contribution in [1.82, 2.24) is 9.13 Å². The van der Waals surface area contributed by atoms with Gasteiger partial charge in [-0.3, -0.25) is 14.2 Å². The average molecular weight is 581 g/mol. The molecule has 1 N–H and O–H groups in total. The van der Waals surface area contributed by atoms with Gasteiger partial charge >= 0.3 is 0 Å². The van der Waals surface area contributed by atoms with Crippen molar-refractivity contribution < 1.29 is 4.79 Å². The number of benzene rings is 4. The van der Waals surface area contributed by atoms with Crippen LogP contribution in [0.3, 0.4) is 0 Å². The van der Waals surface area contributed by atoms with Crippen LogP contribution in [0.25, 0.3) is 17.0 Å². The summed E-state index contributed by atoms with van der Waals surface area (Å²) in [4.78, 5) is 33.3. The van der Waals surface area contributed by atoms with Gasteiger partial charge in [-0.1, -0.05) is 108 Å². The summed E-state index contributed by atoms with van der Waals surface area (Å²) in [6, 6.07) is 37.0. The number of hydrogen-bond donors (Lipinski definition) is 1. The van der Waals surface area contributed by atoms with Crippen molar-refractivity contribution >= 4 is 39.9 Å². The number of anilines is 1. The van der Waals surface area contributed by atoms with Crippen LogP contribution in [0.4, 0.5) is 5.69 Å². The molecule has 2 aromatic heterocycles. The summed E-state index contributed by atoms with van der Waals surface area (Å²) < 4.78 is 4.46. The first-order valence-electron chi connectivity index (χ1n) is 14.1. The van der Waals surface area contributed by atoms with E-state index in [2.05, 4.69) is 40.3 Å². The molecule has 210 valence electrons. The van der Waals surface area contributed by atoms with E-state index >= 15 is 0 Å². The summed E-state index contributed by atoms with van der Waals surface area (Å²) >= 11 is 1.35. The van der Waals surface area contributed by atoms with E-state index in [9.17, 15) is 9.59 Å². The largest absolute Gasteiger partial charge is 0.342 e. The van der Waals surface area contributed by atoms with Crippen molar-refractivity contribution in [2.24, 2.45) is 4.99 Å². The summed E-state index contributed by atoms with van der Waals surface area (Å²) in [6.45, 7) is 2.56. The van der Waals surface area contributed by atoms with Gasteiger partial charge in [-0.25, -0.2) is 4.99 Å². The molecule has 43 heavy (non-hydrogen) atoms. The Bertz CT molecular complexity index is 2180. The Morgan fingerprint density at radius 2 is 1.53 bits per heavy atom. The summed E-state index contributed by atoms with van der Waals surface area (Å²) in [7, 11) is 0. The predicted molar refractivity (Wildman–Crippen MR) is 173 cm³/mol. The Labute approximate surface area is 252 Å². The Morgan fingerprint density at radius 3 is 2.28 bits per heavy atom. The van der Waals surface area contributed by atoms with Crippen molar-refractivity contribution in [2.75, 3.05) is 5.32 Å². The maximum atomic E-state index is 14.2. The van der Waals surface area contributed by atoms with Gasteiger partial charge in [-0.15, -0.1) is 0 Å². The summed E-state index contributed by atoms with van der Waals surface area (Å²) in [5.41, 5.74) is 5.67. The molecule has 0 radical (unpaired) electrons. The lowest BCUT2D eigenvalue weighted by molar-refractivity contribution is -0.113. The van der Waals surface area contributed by atoms with Crippen LogP contribution >= 0.6 is 11.3 Å². The lowest BCUT2D eigenvalue weighted by atomic mass is 9.95. The molecule has 6 nitrogen and oxygen atoms in total. The highest BCUT2D eigenvalue weighted by Gasteiger charge is 2.32. The fraction of sp³-hybridized carbons (Fsp3) is 0.0833. The van der Waals surface area contributed by atoms with Crippen LogP contribution in [-0.4, -0.2) is 15.0 Å². The molecule has 0 aliphatic carbocycles. The highest BCUT2D eigenvalue weighted by atomic mass is 32.1. The zero-order chi connectivity index (χ0) is 29.3. The highest BCUT2D eigenvalue weighted by molar-refractivity contribution is 7.07. The number of rotatable bonds is 6. The molecule has 4 aromatic carbocycles. The minimum Gasteiger partial charge on any atom is -0.342 e. The second kappa shape index (κ2) is 11.2. The Balaban J connectivity index is 1.36. The van der Waals surface area contributed by atoms with Gasteiger partial charge in [-0.05, 0) is 42.3 Å². The molecule has 3 heterocycles. The van der Waals surface area contributed by atoms with E-state index in [1.165, 1.54) is 16.9 Å². The van der Waals surface area contributed by atoms with Gasteiger partial charge < -0.3 is 9.88 Å². The van der Waals surface area contributed by atoms with Crippen molar-refractivity contribution in [3.8, 4) is 0 Å². The number of carbonyl (C=O) groups excluding carboxylic acids is 1. The lowest BCUT2D eigenvalue weighted by Gasteiger charge is -2.25. The molecule has 1 aliphatic rings. The maximum absolute atomic E-state index is 14.2. The van der Waals surface area contributed by atoms with Crippen molar-refractivity contribution in [2.45, 2.75) is 19.5 Å². The van der Waals surface area contributed by atoms with Crippen LogP contribution < -0.4 is 20.2 Å². The van der Waals surface area contributed by atoms with E-state index in [0.717, 1.165) is 28.6 Å². The van der Waals surface area contributed by atoms with Crippen LogP contribution in [0.2, 0.25) is 0 Å². The van der Waals surface area contributed by atoms with E-state index in [4.69, 9.17) is 4.99 Å². The summed E-state index contributed by atoms with van der Waals surface area (Å²) in [6.07, 6.45) is 4.06. The van der Waals surface area contributed by atoms with Crippen molar-refractivity contribution in [3.63, 3.8) is 0 Å². The van der Waals surface area contributed by atoms with Gasteiger partial charge in [0, 0.05) is 34.9 Å². The van der Waals surface area contributed by atoms with Gasteiger partial charge in [-0.2, -0.15) is 0 Å². The summed E-state index contributed by atoms with van der Waals surface area (Å²) in [5.74, 6) is -0.278. The number of thiazole rings is 1. The topological polar surface area (TPSA) is 68.4 Å². The molecular weight excluding hydrogens is 552 g/mol. The fourth-order valence-electron chi connectivity index (χ4n) is 5.72. The number of fused-ring (bicyclic) bond motifs is 2. The molecule has 1 aliphatic heterocycles.